The van der Waals surface area contributed by atoms with Crippen LogP contribution in [-0.4, -0.2) is 54.7 Å². The van der Waals surface area contributed by atoms with Gasteiger partial charge >= 0.3 is 5.97 Å². The average molecular weight is 298 g/mol. The number of aliphatic hydroxyl groups excluding tert-OH is 1. The number of carbonyl (C=O) groups excluding carboxylic acids is 2. The zero-order valence-corrected chi connectivity index (χ0v) is 12.1. The van der Waals surface area contributed by atoms with Crippen molar-refractivity contribution in [2.45, 2.75) is 18.9 Å². The number of hydrogen-bond acceptors (Lipinski definition) is 6. The van der Waals surface area contributed by atoms with Crippen molar-refractivity contribution in [3.8, 4) is 0 Å². The number of carbonyl (C=O) groups is 2. The molecule has 2 heterocycles. The highest BCUT2D eigenvalue weighted by molar-refractivity contribution is 7.12. The van der Waals surface area contributed by atoms with Gasteiger partial charge < -0.3 is 15.2 Å². The molecule has 0 unspecified atom stereocenters. The maximum atomic E-state index is 12.0. The number of ether oxygens (including phenoxy) is 1. The van der Waals surface area contributed by atoms with Gasteiger partial charge in [-0.3, -0.25) is 9.69 Å². The standard InChI is InChI=1S/C13H18N2O4S/c1-19-13(18)12-10(4-6-20-12)14-11(17)7-15-5-2-3-9(15)8-16/h4,6,9,16H,2-3,5,7-8H2,1H3,(H,14,17)/t9-/m0/s1. The summed E-state index contributed by atoms with van der Waals surface area (Å²) in [6.07, 6.45) is 1.90. The quantitative estimate of drug-likeness (QED) is 0.791. The number of anilines is 1. The largest absolute Gasteiger partial charge is 0.465 e. The molecule has 1 aromatic rings. The van der Waals surface area contributed by atoms with Gasteiger partial charge in [-0.05, 0) is 30.8 Å². The molecule has 0 bridgehead atoms. The lowest BCUT2D eigenvalue weighted by atomic mass is 10.2. The molecule has 2 rings (SSSR count). The van der Waals surface area contributed by atoms with Crippen LogP contribution in [0.5, 0.6) is 0 Å². The predicted molar refractivity (Wildman–Crippen MR) is 76.0 cm³/mol. The Balaban J connectivity index is 1.95. The van der Waals surface area contributed by atoms with Crippen LogP contribution in [-0.2, 0) is 9.53 Å². The zero-order valence-electron chi connectivity index (χ0n) is 11.3. The van der Waals surface area contributed by atoms with E-state index in [-0.39, 0.29) is 25.1 Å². The number of nitrogens with zero attached hydrogens (tertiary/aromatic N) is 1. The first-order valence-corrected chi connectivity index (χ1v) is 7.34. The Morgan fingerprint density at radius 2 is 2.40 bits per heavy atom. The second-order valence-electron chi connectivity index (χ2n) is 4.65. The topological polar surface area (TPSA) is 78.9 Å². The molecule has 2 N–H and O–H groups in total. The molecule has 20 heavy (non-hydrogen) atoms. The molecule has 7 heteroatoms. The Morgan fingerprint density at radius 3 is 3.10 bits per heavy atom. The normalized spacial score (nSPS) is 19.0. The van der Waals surface area contributed by atoms with Crippen molar-refractivity contribution in [3.05, 3.63) is 16.3 Å². The fourth-order valence-corrected chi connectivity index (χ4v) is 3.11. The van der Waals surface area contributed by atoms with E-state index in [4.69, 9.17) is 0 Å². The van der Waals surface area contributed by atoms with Crippen LogP contribution < -0.4 is 5.32 Å². The summed E-state index contributed by atoms with van der Waals surface area (Å²) < 4.78 is 4.66. The Hall–Kier alpha value is -1.44. The fourth-order valence-electron chi connectivity index (χ4n) is 2.34. The van der Waals surface area contributed by atoms with Crippen LogP contribution in [0.4, 0.5) is 5.69 Å². The molecule has 0 aromatic carbocycles. The zero-order chi connectivity index (χ0) is 14.5. The Bertz CT molecular complexity index is 488. The van der Waals surface area contributed by atoms with E-state index < -0.39 is 5.97 Å². The number of aliphatic hydroxyl groups is 1. The summed E-state index contributed by atoms with van der Waals surface area (Å²) in [5.74, 6) is -0.640. The SMILES string of the molecule is COC(=O)c1sccc1NC(=O)CN1CCC[C@H]1CO. The first-order valence-electron chi connectivity index (χ1n) is 6.46. The van der Waals surface area contributed by atoms with E-state index in [1.54, 1.807) is 11.4 Å². The molecule has 1 atom stereocenters. The van der Waals surface area contributed by atoms with Crippen LogP contribution in [0.2, 0.25) is 0 Å². The lowest BCUT2D eigenvalue weighted by molar-refractivity contribution is -0.117. The maximum Gasteiger partial charge on any atom is 0.350 e. The van der Waals surface area contributed by atoms with E-state index in [0.717, 1.165) is 19.4 Å². The summed E-state index contributed by atoms with van der Waals surface area (Å²) in [4.78, 5) is 25.9. The maximum absolute atomic E-state index is 12.0. The van der Waals surface area contributed by atoms with E-state index in [2.05, 4.69) is 10.1 Å². The van der Waals surface area contributed by atoms with Crippen molar-refractivity contribution in [1.29, 1.82) is 0 Å². The minimum atomic E-state index is -0.454. The molecule has 1 aliphatic rings. The van der Waals surface area contributed by atoms with Crippen LogP contribution in [0.1, 0.15) is 22.5 Å². The highest BCUT2D eigenvalue weighted by Gasteiger charge is 2.26. The molecule has 1 fully saturated rings. The number of likely N-dealkylation sites (tertiary alicyclic amines) is 1. The Morgan fingerprint density at radius 1 is 1.60 bits per heavy atom. The van der Waals surface area contributed by atoms with Gasteiger partial charge in [0, 0.05) is 6.04 Å². The lowest BCUT2D eigenvalue weighted by Gasteiger charge is -2.21. The van der Waals surface area contributed by atoms with Crippen molar-refractivity contribution >= 4 is 28.9 Å². The lowest BCUT2D eigenvalue weighted by Crippen LogP contribution is -2.38. The van der Waals surface area contributed by atoms with Gasteiger partial charge in [-0.1, -0.05) is 0 Å². The highest BCUT2D eigenvalue weighted by atomic mass is 32.1. The minimum Gasteiger partial charge on any atom is -0.465 e. The van der Waals surface area contributed by atoms with Crippen molar-refractivity contribution in [2.75, 3.05) is 32.1 Å². The molecule has 1 aromatic heterocycles. The van der Waals surface area contributed by atoms with Crippen LogP contribution in [0, 0.1) is 0 Å². The van der Waals surface area contributed by atoms with Gasteiger partial charge in [0.25, 0.3) is 0 Å². The van der Waals surface area contributed by atoms with Crippen molar-refractivity contribution in [2.24, 2.45) is 0 Å². The molecule has 0 spiro atoms. The highest BCUT2D eigenvalue weighted by Crippen LogP contribution is 2.23. The van der Waals surface area contributed by atoms with E-state index in [0.29, 0.717) is 10.6 Å². The summed E-state index contributed by atoms with van der Waals surface area (Å²) in [7, 11) is 1.31. The van der Waals surface area contributed by atoms with Gasteiger partial charge in [0.1, 0.15) is 4.88 Å². The van der Waals surface area contributed by atoms with Gasteiger partial charge in [0.15, 0.2) is 0 Å². The summed E-state index contributed by atoms with van der Waals surface area (Å²) >= 11 is 1.23. The molecule has 0 aliphatic carbocycles. The third-order valence-electron chi connectivity index (χ3n) is 3.37. The van der Waals surface area contributed by atoms with E-state index in [9.17, 15) is 14.7 Å². The smallest absolute Gasteiger partial charge is 0.350 e. The number of nitrogens with one attached hydrogen (secondary N) is 1. The first kappa shape index (κ1) is 15.0. The number of rotatable bonds is 5. The third-order valence-corrected chi connectivity index (χ3v) is 4.26. The first-order chi connectivity index (χ1) is 9.65. The number of esters is 1. The summed E-state index contributed by atoms with van der Waals surface area (Å²) in [6.45, 7) is 1.10. The monoisotopic (exact) mass is 298 g/mol. The van der Waals surface area contributed by atoms with E-state index >= 15 is 0 Å². The van der Waals surface area contributed by atoms with Gasteiger partial charge in [-0.2, -0.15) is 0 Å². The number of methoxy groups -OCH3 is 1. The summed E-state index contributed by atoms with van der Waals surface area (Å²) in [5, 5.41) is 13.7. The van der Waals surface area contributed by atoms with Crippen LogP contribution in [0.25, 0.3) is 0 Å². The number of thiophene rings is 1. The minimum absolute atomic E-state index is 0.0586. The molecule has 1 aliphatic heterocycles. The molecule has 0 saturated carbocycles. The fraction of sp³-hybridized carbons (Fsp3) is 0.538. The summed E-state index contributed by atoms with van der Waals surface area (Å²) in [5.41, 5.74) is 0.478. The van der Waals surface area contributed by atoms with Crippen molar-refractivity contribution in [3.63, 3.8) is 0 Å². The average Bonchev–Trinajstić information content (AvgIpc) is 3.06. The van der Waals surface area contributed by atoms with E-state index in [1.165, 1.54) is 18.4 Å². The van der Waals surface area contributed by atoms with Gasteiger partial charge in [0.05, 0.1) is 25.9 Å². The van der Waals surface area contributed by atoms with Crippen LogP contribution in [0.15, 0.2) is 11.4 Å². The molecule has 6 nitrogen and oxygen atoms in total. The molecule has 1 saturated heterocycles. The molecule has 110 valence electrons. The third kappa shape index (κ3) is 3.36. The van der Waals surface area contributed by atoms with Gasteiger partial charge in [-0.25, -0.2) is 4.79 Å². The van der Waals surface area contributed by atoms with Crippen molar-refractivity contribution in [1.82, 2.24) is 4.90 Å². The van der Waals surface area contributed by atoms with Crippen LogP contribution in [0.3, 0.4) is 0 Å². The van der Waals surface area contributed by atoms with Gasteiger partial charge in [0.2, 0.25) is 5.91 Å². The van der Waals surface area contributed by atoms with E-state index in [1.807, 2.05) is 4.90 Å². The second kappa shape index (κ2) is 6.83. The Labute approximate surface area is 121 Å². The number of amides is 1. The molecular weight excluding hydrogens is 280 g/mol. The molecular formula is C13H18N2O4S. The van der Waals surface area contributed by atoms with Crippen LogP contribution >= 0.6 is 11.3 Å². The second-order valence-corrected chi connectivity index (χ2v) is 5.57. The molecule has 1 amide bonds. The number of hydrogen-bond donors (Lipinski definition) is 2. The summed E-state index contributed by atoms with van der Waals surface area (Å²) in [6, 6.07) is 1.74. The Kier molecular flexibility index (Phi) is 5.11. The van der Waals surface area contributed by atoms with Crippen molar-refractivity contribution < 1.29 is 19.4 Å². The molecule has 0 radical (unpaired) electrons. The van der Waals surface area contributed by atoms with Gasteiger partial charge in [-0.15, -0.1) is 11.3 Å². The predicted octanol–water partition coefficient (Wildman–Crippen LogP) is 0.930.